The molecule has 1 aromatic rings. The van der Waals surface area contributed by atoms with Gasteiger partial charge in [-0.2, -0.15) is 0 Å². The van der Waals surface area contributed by atoms with Gasteiger partial charge < -0.3 is 5.32 Å². The molecule has 0 saturated carbocycles. The summed E-state index contributed by atoms with van der Waals surface area (Å²) in [5, 5.41) is 2.37. The zero-order valence-corrected chi connectivity index (χ0v) is 9.37. The molecule has 1 N–H and O–H groups in total. The van der Waals surface area contributed by atoms with E-state index in [1.165, 1.54) is 18.2 Å². The van der Waals surface area contributed by atoms with E-state index >= 15 is 0 Å². The van der Waals surface area contributed by atoms with E-state index in [1.807, 2.05) is 0 Å². The molecule has 0 radical (unpaired) electrons. The first-order valence-electron chi connectivity index (χ1n) is 5.00. The van der Waals surface area contributed by atoms with Gasteiger partial charge >= 0.3 is 0 Å². The third-order valence-corrected chi connectivity index (χ3v) is 4.63. The molecule has 1 aliphatic heterocycles. The Balaban J connectivity index is 2.38. The molecule has 16 heavy (non-hydrogen) atoms. The van der Waals surface area contributed by atoms with Crippen molar-refractivity contribution in [1.82, 2.24) is 5.32 Å². The van der Waals surface area contributed by atoms with Gasteiger partial charge in [-0.1, -0.05) is 12.1 Å². The van der Waals surface area contributed by atoms with Crippen LogP contribution in [0.1, 0.15) is 6.42 Å². The van der Waals surface area contributed by atoms with Crippen molar-refractivity contribution >= 4 is 9.84 Å². The third kappa shape index (κ3) is 2.09. The number of nitrogens with one attached hydrogen (secondary N) is 1. The summed E-state index contributed by atoms with van der Waals surface area (Å²) in [5.74, 6) is -0.529. The topological polar surface area (TPSA) is 46.2 Å². The van der Waals surface area contributed by atoms with Crippen molar-refractivity contribution in [2.75, 3.05) is 6.54 Å². The molecule has 0 saturated heterocycles. The highest BCUT2D eigenvalue weighted by Crippen LogP contribution is 2.21. The highest BCUT2D eigenvalue weighted by Gasteiger charge is 2.26. The fourth-order valence-electron chi connectivity index (χ4n) is 1.66. The number of hydrogen-bond donors (Lipinski definition) is 1. The van der Waals surface area contributed by atoms with Crippen LogP contribution in [-0.4, -0.2) is 20.2 Å². The Labute approximate surface area is 93.9 Å². The summed E-state index contributed by atoms with van der Waals surface area (Å²) in [6.45, 7) is 0.621. The largest absolute Gasteiger partial charge is 0.391 e. The van der Waals surface area contributed by atoms with E-state index in [1.54, 1.807) is 12.3 Å². The van der Waals surface area contributed by atoms with Gasteiger partial charge in [0, 0.05) is 6.54 Å². The standard InChI is InChI=1S/C11H12FNO2S/c12-9-2-1-3-11(8-9)16(14,15)10-4-6-13-7-5-10/h1-4,6,8,10,13H,5,7H2. The second-order valence-corrected chi connectivity index (χ2v) is 5.81. The minimum Gasteiger partial charge on any atom is -0.391 e. The van der Waals surface area contributed by atoms with Crippen LogP contribution in [0.3, 0.4) is 0 Å². The maximum atomic E-state index is 13.0. The summed E-state index contributed by atoms with van der Waals surface area (Å²) in [6, 6.07) is 5.13. The molecule has 0 aliphatic carbocycles. The smallest absolute Gasteiger partial charge is 0.185 e. The summed E-state index contributed by atoms with van der Waals surface area (Å²) in [5.41, 5.74) is 0. The molecule has 1 aromatic carbocycles. The van der Waals surface area contributed by atoms with Crippen LogP contribution in [0.2, 0.25) is 0 Å². The second kappa shape index (κ2) is 4.25. The lowest BCUT2D eigenvalue weighted by molar-refractivity contribution is 0.574. The normalized spacial score (nSPS) is 20.4. The Kier molecular flexibility index (Phi) is 2.96. The minimum atomic E-state index is -3.45. The Morgan fingerprint density at radius 2 is 2.19 bits per heavy atom. The molecule has 1 heterocycles. The van der Waals surface area contributed by atoms with Crippen molar-refractivity contribution in [3.8, 4) is 0 Å². The molecular formula is C11H12FNO2S. The number of sulfone groups is 1. The number of rotatable bonds is 2. The molecule has 5 heteroatoms. The molecule has 1 aliphatic rings. The van der Waals surface area contributed by atoms with Gasteiger partial charge in [0.1, 0.15) is 5.82 Å². The van der Waals surface area contributed by atoms with Crippen LogP contribution < -0.4 is 5.32 Å². The van der Waals surface area contributed by atoms with Gasteiger partial charge in [-0.3, -0.25) is 0 Å². The van der Waals surface area contributed by atoms with Crippen LogP contribution in [0.15, 0.2) is 41.4 Å². The maximum Gasteiger partial charge on any atom is 0.185 e. The van der Waals surface area contributed by atoms with Gasteiger partial charge in [0.05, 0.1) is 10.1 Å². The van der Waals surface area contributed by atoms with E-state index in [4.69, 9.17) is 0 Å². The fraction of sp³-hybridized carbons (Fsp3) is 0.273. The summed E-state index contributed by atoms with van der Waals surface area (Å²) in [7, 11) is -3.45. The van der Waals surface area contributed by atoms with E-state index in [0.717, 1.165) is 6.07 Å². The summed E-state index contributed by atoms with van der Waals surface area (Å²) in [6.07, 6.45) is 3.74. The number of halogens is 1. The molecule has 1 atom stereocenters. The molecule has 1 unspecified atom stereocenters. The van der Waals surface area contributed by atoms with Gasteiger partial charge in [-0.15, -0.1) is 0 Å². The maximum absolute atomic E-state index is 13.0. The zero-order valence-electron chi connectivity index (χ0n) is 8.56. The molecular weight excluding hydrogens is 229 g/mol. The fourth-order valence-corrected chi connectivity index (χ4v) is 3.27. The first-order valence-corrected chi connectivity index (χ1v) is 6.55. The SMILES string of the molecule is O=S(=O)(c1cccc(F)c1)C1C=CNCC1. The minimum absolute atomic E-state index is 0.0454. The van der Waals surface area contributed by atoms with E-state index in [9.17, 15) is 12.8 Å². The predicted molar refractivity (Wildman–Crippen MR) is 59.1 cm³/mol. The van der Waals surface area contributed by atoms with E-state index in [0.29, 0.717) is 13.0 Å². The highest BCUT2D eigenvalue weighted by atomic mass is 32.2. The molecule has 0 amide bonds. The molecule has 0 aromatic heterocycles. The van der Waals surface area contributed by atoms with E-state index < -0.39 is 20.9 Å². The Morgan fingerprint density at radius 1 is 1.38 bits per heavy atom. The average molecular weight is 241 g/mol. The van der Waals surface area contributed by atoms with E-state index in [-0.39, 0.29) is 4.90 Å². The average Bonchev–Trinajstić information content (AvgIpc) is 2.30. The van der Waals surface area contributed by atoms with Crippen LogP contribution in [0, 0.1) is 5.82 Å². The van der Waals surface area contributed by atoms with Crippen molar-refractivity contribution in [1.29, 1.82) is 0 Å². The summed E-state index contributed by atoms with van der Waals surface area (Å²) >= 11 is 0. The number of benzene rings is 1. The molecule has 86 valence electrons. The molecule has 0 bridgehead atoms. The quantitative estimate of drug-likeness (QED) is 0.853. The first kappa shape index (κ1) is 11.1. The monoisotopic (exact) mass is 241 g/mol. The van der Waals surface area contributed by atoms with Gasteiger partial charge in [-0.05, 0) is 30.8 Å². The van der Waals surface area contributed by atoms with Crippen LogP contribution >= 0.6 is 0 Å². The Morgan fingerprint density at radius 3 is 2.81 bits per heavy atom. The lowest BCUT2D eigenvalue weighted by Crippen LogP contribution is -2.28. The first-order chi connectivity index (χ1) is 7.60. The van der Waals surface area contributed by atoms with Crippen LogP contribution in [0.5, 0.6) is 0 Å². The van der Waals surface area contributed by atoms with Crippen molar-refractivity contribution in [2.24, 2.45) is 0 Å². The third-order valence-electron chi connectivity index (χ3n) is 2.53. The van der Waals surface area contributed by atoms with Gasteiger partial charge in [0.2, 0.25) is 0 Å². The van der Waals surface area contributed by atoms with Crippen LogP contribution in [0.4, 0.5) is 4.39 Å². The van der Waals surface area contributed by atoms with Crippen LogP contribution in [0.25, 0.3) is 0 Å². The Bertz CT molecular complexity index is 510. The lowest BCUT2D eigenvalue weighted by Gasteiger charge is -2.17. The van der Waals surface area contributed by atoms with Gasteiger partial charge in [-0.25, -0.2) is 12.8 Å². The van der Waals surface area contributed by atoms with E-state index in [2.05, 4.69) is 5.32 Å². The molecule has 3 nitrogen and oxygen atoms in total. The molecule has 0 fully saturated rings. The summed E-state index contributed by atoms with van der Waals surface area (Å²) < 4.78 is 37.2. The lowest BCUT2D eigenvalue weighted by atomic mass is 10.2. The Hall–Kier alpha value is -1.36. The molecule has 0 spiro atoms. The predicted octanol–water partition coefficient (Wildman–Crippen LogP) is 1.48. The zero-order chi connectivity index (χ0) is 11.6. The second-order valence-electron chi connectivity index (χ2n) is 3.64. The van der Waals surface area contributed by atoms with Crippen molar-refractivity contribution in [3.05, 3.63) is 42.4 Å². The van der Waals surface area contributed by atoms with Crippen LogP contribution in [-0.2, 0) is 9.84 Å². The van der Waals surface area contributed by atoms with Crippen molar-refractivity contribution in [2.45, 2.75) is 16.6 Å². The van der Waals surface area contributed by atoms with Crippen molar-refractivity contribution < 1.29 is 12.8 Å². The van der Waals surface area contributed by atoms with Gasteiger partial charge in [0.15, 0.2) is 9.84 Å². The van der Waals surface area contributed by atoms with Crippen molar-refractivity contribution in [3.63, 3.8) is 0 Å². The molecule has 2 rings (SSSR count). The highest BCUT2D eigenvalue weighted by molar-refractivity contribution is 7.92. The van der Waals surface area contributed by atoms with Gasteiger partial charge in [0.25, 0.3) is 0 Å². The summed E-state index contributed by atoms with van der Waals surface area (Å²) in [4.78, 5) is 0.0454. The number of hydrogen-bond acceptors (Lipinski definition) is 3.